The van der Waals surface area contributed by atoms with Crippen LogP contribution < -0.4 is 5.32 Å². The molecule has 0 saturated carbocycles. The molecule has 1 amide bonds. The van der Waals surface area contributed by atoms with Gasteiger partial charge in [0.2, 0.25) is 0 Å². The summed E-state index contributed by atoms with van der Waals surface area (Å²) in [5.41, 5.74) is -0.844. The van der Waals surface area contributed by atoms with Crippen LogP contribution in [0, 0.1) is 0 Å². The van der Waals surface area contributed by atoms with Gasteiger partial charge in [0.25, 0.3) is 5.91 Å². The molecule has 9 heteroatoms. The maximum Gasteiger partial charge on any atom is 0.338 e. The minimum absolute atomic E-state index is 0.00436. The highest BCUT2D eigenvalue weighted by Gasteiger charge is 2.28. The average Bonchev–Trinajstić information content (AvgIpc) is 2.44. The van der Waals surface area contributed by atoms with Crippen molar-refractivity contribution in [3.05, 3.63) is 31.2 Å². The summed E-state index contributed by atoms with van der Waals surface area (Å²) in [6.07, 6.45) is 1.03. The van der Waals surface area contributed by atoms with Gasteiger partial charge in [-0.05, 0) is 12.8 Å². The summed E-state index contributed by atoms with van der Waals surface area (Å²) in [7, 11) is 0. The molecular weight excluding hydrogens is 364 g/mol. The maximum atomic E-state index is 12.1. The van der Waals surface area contributed by atoms with E-state index in [0.29, 0.717) is 12.8 Å². The largest absolute Gasteiger partial charge is 0.478 e. The first-order valence-corrected chi connectivity index (χ1v) is 7.32. The van der Waals surface area contributed by atoms with Crippen LogP contribution in [-0.4, -0.2) is 35.2 Å². The number of hydrogen-bond acceptors (Lipinski definition) is 3. The molecule has 0 bridgehead atoms. The van der Waals surface area contributed by atoms with Crippen molar-refractivity contribution in [1.82, 2.24) is 5.32 Å². The zero-order valence-electron chi connectivity index (χ0n) is 10.6. The molecule has 116 valence electrons. The Balaban J connectivity index is 3.21. The smallest absolute Gasteiger partial charge is 0.338 e. The Hall–Kier alpha value is -0.720. The molecule has 0 aliphatic heterocycles. The highest BCUT2D eigenvalue weighted by atomic mass is 35.5. The van der Waals surface area contributed by atoms with Crippen molar-refractivity contribution < 1.29 is 19.8 Å². The van der Waals surface area contributed by atoms with Crippen LogP contribution in [0.1, 0.15) is 33.6 Å². The highest BCUT2D eigenvalue weighted by Crippen LogP contribution is 2.41. The third-order valence-electron chi connectivity index (χ3n) is 2.58. The van der Waals surface area contributed by atoms with Gasteiger partial charge in [0.15, 0.2) is 0 Å². The Kier molecular flexibility index (Phi) is 7.03. The molecule has 0 unspecified atom stereocenters. The number of unbranched alkanes of at least 4 members (excludes halogenated alkanes) is 1. The minimum atomic E-state index is -1.44. The van der Waals surface area contributed by atoms with Gasteiger partial charge in [-0.1, -0.05) is 46.4 Å². The number of halogens is 4. The first-order valence-electron chi connectivity index (χ1n) is 5.81. The number of amides is 1. The first-order chi connectivity index (χ1) is 9.82. The molecule has 0 aliphatic carbocycles. The predicted octanol–water partition coefficient (Wildman–Crippen LogP) is 3.50. The monoisotopic (exact) mass is 373 g/mol. The van der Waals surface area contributed by atoms with E-state index in [9.17, 15) is 14.7 Å². The van der Waals surface area contributed by atoms with Gasteiger partial charge in [-0.2, -0.15) is 0 Å². The first kappa shape index (κ1) is 18.3. The van der Waals surface area contributed by atoms with E-state index in [4.69, 9.17) is 51.5 Å². The fourth-order valence-corrected chi connectivity index (χ4v) is 2.59. The molecule has 0 heterocycles. The topological polar surface area (TPSA) is 86.6 Å². The van der Waals surface area contributed by atoms with Gasteiger partial charge in [0.05, 0.1) is 31.2 Å². The summed E-state index contributed by atoms with van der Waals surface area (Å²) in [6, 6.07) is 0. The number of carboxylic acids is 1. The number of rotatable bonds is 6. The van der Waals surface area contributed by atoms with E-state index in [1.807, 2.05) is 0 Å². The van der Waals surface area contributed by atoms with Crippen LogP contribution in [-0.2, 0) is 0 Å². The Morgan fingerprint density at radius 2 is 1.43 bits per heavy atom. The molecule has 1 aromatic rings. The van der Waals surface area contributed by atoms with E-state index < -0.39 is 17.4 Å². The average molecular weight is 375 g/mol. The lowest BCUT2D eigenvalue weighted by Crippen LogP contribution is -2.27. The lowest BCUT2D eigenvalue weighted by Gasteiger charge is -2.13. The lowest BCUT2D eigenvalue weighted by molar-refractivity contribution is 0.0691. The quantitative estimate of drug-likeness (QED) is 0.404. The van der Waals surface area contributed by atoms with Crippen LogP contribution in [0.3, 0.4) is 0 Å². The van der Waals surface area contributed by atoms with Crippen LogP contribution in [0.25, 0.3) is 0 Å². The molecule has 21 heavy (non-hydrogen) atoms. The summed E-state index contributed by atoms with van der Waals surface area (Å²) in [6.45, 7) is 0.238. The van der Waals surface area contributed by atoms with Crippen molar-refractivity contribution in [3.63, 3.8) is 0 Å². The summed E-state index contributed by atoms with van der Waals surface area (Å²) < 4.78 is 0. The summed E-state index contributed by atoms with van der Waals surface area (Å²) in [5.74, 6) is -2.17. The molecule has 0 fully saturated rings. The number of carbonyl (C=O) groups excluding carboxylic acids is 1. The van der Waals surface area contributed by atoms with Crippen LogP contribution >= 0.6 is 46.4 Å². The van der Waals surface area contributed by atoms with Crippen molar-refractivity contribution in [2.24, 2.45) is 0 Å². The van der Waals surface area contributed by atoms with Crippen LogP contribution in [0.2, 0.25) is 20.1 Å². The van der Waals surface area contributed by atoms with Crippen molar-refractivity contribution >= 4 is 58.3 Å². The third-order valence-corrected chi connectivity index (χ3v) is 4.38. The maximum absolute atomic E-state index is 12.1. The van der Waals surface area contributed by atoms with Gasteiger partial charge in [0.1, 0.15) is 0 Å². The molecule has 3 N–H and O–H groups in total. The van der Waals surface area contributed by atoms with Crippen molar-refractivity contribution in [2.45, 2.75) is 12.8 Å². The summed E-state index contributed by atoms with van der Waals surface area (Å²) >= 11 is 23.4. The minimum Gasteiger partial charge on any atom is -0.478 e. The van der Waals surface area contributed by atoms with E-state index >= 15 is 0 Å². The molecule has 1 rings (SSSR count). The van der Waals surface area contributed by atoms with E-state index in [2.05, 4.69) is 5.32 Å². The van der Waals surface area contributed by atoms with Gasteiger partial charge in [-0.15, -0.1) is 0 Å². The van der Waals surface area contributed by atoms with Gasteiger partial charge >= 0.3 is 5.97 Å². The number of nitrogens with one attached hydrogen (secondary N) is 1. The van der Waals surface area contributed by atoms with Gasteiger partial charge < -0.3 is 15.5 Å². The molecular formula is C12H11Cl4NO4. The third kappa shape index (κ3) is 4.14. The highest BCUT2D eigenvalue weighted by molar-refractivity contribution is 6.54. The van der Waals surface area contributed by atoms with Crippen LogP contribution in [0.15, 0.2) is 0 Å². The Labute approximate surface area is 140 Å². The number of aromatic carboxylic acids is 1. The normalized spacial score (nSPS) is 10.5. The van der Waals surface area contributed by atoms with Crippen LogP contribution in [0.5, 0.6) is 0 Å². The second kappa shape index (κ2) is 8.06. The molecule has 0 saturated heterocycles. The molecule has 0 atom stereocenters. The van der Waals surface area contributed by atoms with E-state index in [1.54, 1.807) is 0 Å². The SMILES string of the molecule is O=C(O)c1c(Cl)c(Cl)c(Cl)c(Cl)c1C(=O)NCCCCO. The molecule has 0 radical (unpaired) electrons. The van der Waals surface area contributed by atoms with E-state index in [-0.39, 0.29) is 38.8 Å². The molecule has 5 nitrogen and oxygen atoms in total. The number of aliphatic hydroxyl groups is 1. The molecule has 0 aromatic heterocycles. The fraction of sp³-hybridized carbons (Fsp3) is 0.333. The molecule has 1 aromatic carbocycles. The zero-order chi connectivity index (χ0) is 16.2. The van der Waals surface area contributed by atoms with E-state index in [0.717, 1.165) is 0 Å². The Morgan fingerprint density at radius 3 is 1.90 bits per heavy atom. The van der Waals surface area contributed by atoms with Gasteiger partial charge in [-0.25, -0.2) is 4.79 Å². The standard InChI is InChI=1S/C12H11Cl4NO4/c13-7-5(11(19)17-3-1-2-4-18)6(12(20)21)8(14)10(16)9(7)15/h18H,1-4H2,(H,17,19)(H,20,21). The zero-order valence-corrected chi connectivity index (χ0v) is 13.6. The molecule has 0 aliphatic rings. The number of carboxylic acid groups (broad SMARTS) is 1. The lowest BCUT2D eigenvalue weighted by atomic mass is 10.1. The number of hydrogen-bond donors (Lipinski definition) is 3. The van der Waals surface area contributed by atoms with Gasteiger partial charge in [-0.3, -0.25) is 4.79 Å². The van der Waals surface area contributed by atoms with Crippen LogP contribution in [0.4, 0.5) is 0 Å². The Morgan fingerprint density at radius 1 is 0.905 bits per heavy atom. The second-order valence-corrected chi connectivity index (χ2v) is 5.51. The number of carbonyl (C=O) groups is 2. The van der Waals surface area contributed by atoms with Crippen molar-refractivity contribution in [3.8, 4) is 0 Å². The van der Waals surface area contributed by atoms with E-state index in [1.165, 1.54) is 0 Å². The Bertz CT molecular complexity index is 577. The number of aliphatic hydroxyl groups excluding tert-OH is 1. The van der Waals surface area contributed by atoms with Gasteiger partial charge in [0, 0.05) is 13.2 Å². The van der Waals surface area contributed by atoms with Crippen molar-refractivity contribution in [1.29, 1.82) is 0 Å². The fourth-order valence-electron chi connectivity index (χ4n) is 1.57. The van der Waals surface area contributed by atoms with Crippen molar-refractivity contribution in [2.75, 3.05) is 13.2 Å². The predicted molar refractivity (Wildman–Crippen MR) is 82.1 cm³/mol. The number of benzene rings is 1. The summed E-state index contributed by atoms with van der Waals surface area (Å²) in [5, 5.41) is 19.3. The summed E-state index contributed by atoms with van der Waals surface area (Å²) in [4.78, 5) is 23.4. The second-order valence-electron chi connectivity index (χ2n) is 4.00. The molecule has 0 spiro atoms.